The Hall–Kier alpha value is -0.0800. The van der Waals surface area contributed by atoms with Gasteiger partial charge >= 0.3 is 0 Å². The molecule has 16 heavy (non-hydrogen) atoms. The van der Waals surface area contributed by atoms with Gasteiger partial charge in [0.05, 0.1) is 0 Å². The van der Waals surface area contributed by atoms with Crippen molar-refractivity contribution in [2.75, 3.05) is 32.7 Å². The van der Waals surface area contributed by atoms with Crippen molar-refractivity contribution in [3.05, 3.63) is 0 Å². The molecule has 96 valence electrons. The summed E-state index contributed by atoms with van der Waals surface area (Å²) in [4.78, 5) is 2.68. The predicted octanol–water partition coefficient (Wildman–Crippen LogP) is 2.74. The Kier molecular flexibility index (Phi) is 5.77. The molecule has 1 N–H and O–H groups in total. The molecule has 0 aromatic carbocycles. The molecule has 1 saturated heterocycles. The highest BCUT2D eigenvalue weighted by atomic mass is 15.1. The van der Waals surface area contributed by atoms with E-state index in [1.54, 1.807) is 0 Å². The number of nitrogens with one attached hydrogen (secondary N) is 1. The molecule has 2 heteroatoms. The second kappa shape index (κ2) is 6.61. The number of hydrogen-bond acceptors (Lipinski definition) is 2. The summed E-state index contributed by atoms with van der Waals surface area (Å²) >= 11 is 0. The Bertz CT molecular complexity index is 189. The Labute approximate surface area is 102 Å². The molecule has 0 aliphatic carbocycles. The number of piperidine rings is 1. The fraction of sp³-hybridized carbons (Fsp3) is 1.00. The van der Waals surface area contributed by atoms with E-state index in [1.165, 1.54) is 38.9 Å². The highest BCUT2D eigenvalue weighted by molar-refractivity contribution is 4.80. The van der Waals surface area contributed by atoms with Crippen LogP contribution in [0.25, 0.3) is 0 Å². The van der Waals surface area contributed by atoms with E-state index in [0.717, 1.165) is 19.0 Å². The lowest BCUT2D eigenvalue weighted by molar-refractivity contribution is 0.118. The summed E-state index contributed by atoms with van der Waals surface area (Å²) in [6.45, 7) is 15.4. The molecule has 1 fully saturated rings. The molecular weight excluding hydrogens is 196 g/mol. The molecule has 0 saturated carbocycles. The molecule has 1 aliphatic rings. The van der Waals surface area contributed by atoms with E-state index >= 15 is 0 Å². The molecule has 1 aliphatic heterocycles. The quantitative estimate of drug-likeness (QED) is 0.749. The van der Waals surface area contributed by atoms with Gasteiger partial charge in [0.2, 0.25) is 0 Å². The molecule has 1 unspecified atom stereocenters. The second-order valence-corrected chi connectivity index (χ2v) is 6.10. The lowest BCUT2D eigenvalue weighted by Gasteiger charge is -2.38. The van der Waals surface area contributed by atoms with E-state index in [9.17, 15) is 0 Å². The summed E-state index contributed by atoms with van der Waals surface area (Å²) in [5.74, 6) is 0.948. The highest BCUT2D eigenvalue weighted by Crippen LogP contribution is 2.23. The Balaban J connectivity index is 2.34. The summed E-state index contributed by atoms with van der Waals surface area (Å²) in [5.41, 5.74) is 0.408. The predicted molar refractivity (Wildman–Crippen MR) is 71.8 cm³/mol. The van der Waals surface area contributed by atoms with Crippen LogP contribution < -0.4 is 5.32 Å². The number of likely N-dealkylation sites (tertiary alicyclic amines) is 1. The van der Waals surface area contributed by atoms with Gasteiger partial charge in [0, 0.05) is 19.6 Å². The van der Waals surface area contributed by atoms with E-state index in [4.69, 9.17) is 0 Å². The Morgan fingerprint density at radius 2 is 2.06 bits per heavy atom. The summed E-state index contributed by atoms with van der Waals surface area (Å²) in [6, 6.07) is 0. The first kappa shape index (κ1) is 14.0. The SMILES string of the molecule is CCNCC(C)(C)CN1CCCC(CC)C1. The smallest absolute Gasteiger partial charge is 0.00449 e. The van der Waals surface area contributed by atoms with Gasteiger partial charge in [0.25, 0.3) is 0 Å². The lowest BCUT2D eigenvalue weighted by Crippen LogP contribution is -2.44. The van der Waals surface area contributed by atoms with Gasteiger partial charge in [-0.15, -0.1) is 0 Å². The van der Waals surface area contributed by atoms with Crippen LogP contribution in [-0.4, -0.2) is 37.6 Å². The zero-order chi connectivity index (χ0) is 12.0. The fourth-order valence-corrected chi connectivity index (χ4v) is 2.75. The highest BCUT2D eigenvalue weighted by Gasteiger charge is 2.25. The van der Waals surface area contributed by atoms with Gasteiger partial charge in [-0.25, -0.2) is 0 Å². The Morgan fingerprint density at radius 1 is 1.31 bits per heavy atom. The third kappa shape index (κ3) is 4.84. The molecule has 1 heterocycles. The fourth-order valence-electron chi connectivity index (χ4n) is 2.75. The third-order valence-corrected chi connectivity index (χ3v) is 3.69. The first-order chi connectivity index (χ1) is 7.57. The van der Waals surface area contributed by atoms with Gasteiger partial charge in [-0.05, 0) is 37.3 Å². The second-order valence-electron chi connectivity index (χ2n) is 6.10. The van der Waals surface area contributed by atoms with Crippen LogP contribution >= 0.6 is 0 Å². The van der Waals surface area contributed by atoms with Gasteiger partial charge in [0.1, 0.15) is 0 Å². The van der Waals surface area contributed by atoms with E-state index in [2.05, 4.69) is 37.9 Å². The molecule has 1 atom stereocenters. The zero-order valence-electron chi connectivity index (χ0n) is 11.7. The van der Waals surface area contributed by atoms with Crippen molar-refractivity contribution in [1.29, 1.82) is 0 Å². The monoisotopic (exact) mass is 226 g/mol. The molecule has 0 radical (unpaired) electrons. The maximum absolute atomic E-state index is 3.48. The van der Waals surface area contributed by atoms with E-state index in [-0.39, 0.29) is 0 Å². The van der Waals surface area contributed by atoms with Crippen LogP contribution in [0.15, 0.2) is 0 Å². The molecular formula is C14H30N2. The van der Waals surface area contributed by atoms with Crippen molar-refractivity contribution in [3.63, 3.8) is 0 Å². The largest absolute Gasteiger partial charge is 0.316 e. The molecule has 0 bridgehead atoms. The lowest BCUT2D eigenvalue weighted by atomic mass is 9.89. The Morgan fingerprint density at radius 3 is 2.69 bits per heavy atom. The first-order valence-electron chi connectivity index (χ1n) is 7.00. The molecule has 0 aromatic rings. The van der Waals surface area contributed by atoms with E-state index < -0.39 is 0 Å². The van der Waals surface area contributed by atoms with E-state index in [0.29, 0.717) is 5.41 Å². The van der Waals surface area contributed by atoms with Gasteiger partial charge in [-0.1, -0.05) is 34.1 Å². The molecule has 2 nitrogen and oxygen atoms in total. The minimum Gasteiger partial charge on any atom is -0.316 e. The van der Waals surface area contributed by atoms with Crippen molar-refractivity contribution in [1.82, 2.24) is 10.2 Å². The average molecular weight is 226 g/mol. The topological polar surface area (TPSA) is 15.3 Å². The van der Waals surface area contributed by atoms with Crippen LogP contribution in [-0.2, 0) is 0 Å². The van der Waals surface area contributed by atoms with Gasteiger partial charge in [-0.2, -0.15) is 0 Å². The third-order valence-electron chi connectivity index (χ3n) is 3.69. The van der Waals surface area contributed by atoms with Crippen LogP contribution in [0.5, 0.6) is 0 Å². The van der Waals surface area contributed by atoms with Crippen molar-refractivity contribution in [2.45, 2.75) is 47.0 Å². The van der Waals surface area contributed by atoms with Crippen molar-refractivity contribution >= 4 is 0 Å². The summed E-state index contributed by atoms with van der Waals surface area (Å²) in [6.07, 6.45) is 4.20. The van der Waals surface area contributed by atoms with Crippen molar-refractivity contribution < 1.29 is 0 Å². The summed E-state index contributed by atoms with van der Waals surface area (Å²) in [7, 11) is 0. The van der Waals surface area contributed by atoms with Crippen molar-refractivity contribution in [3.8, 4) is 0 Å². The van der Waals surface area contributed by atoms with Crippen LogP contribution in [0.1, 0.15) is 47.0 Å². The van der Waals surface area contributed by atoms with Gasteiger partial charge in [-0.3, -0.25) is 0 Å². The zero-order valence-corrected chi connectivity index (χ0v) is 11.7. The van der Waals surface area contributed by atoms with Crippen LogP contribution in [0, 0.1) is 11.3 Å². The van der Waals surface area contributed by atoms with Crippen LogP contribution in [0.2, 0.25) is 0 Å². The molecule has 1 rings (SSSR count). The standard InChI is InChI=1S/C14H30N2/c1-5-13-8-7-9-16(10-13)12-14(3,4)11-15-6-2/h13,15H,5-12H2,1-4H3. The van der Waals surface area contributed by atoms with Crippen LogP contribution in [0.3, 0.4) is 0 Å². The van der Waals surface area contributed by atoms with Gasteiger partial charge < -0.3 is 10.2 Å². The summed E-state index contributed by atoms with van der Waals surface area (Å²) < 4.78 is 0. The molecule has 0 aromatic heterocycles. The molecule has 0 spiro atoms. The average Bonchev–Trinajstić information content (AvgIpc) is 2.26. The number of rotatable bonds is 6. The maximum atomic E-state index is 3.48. The normalized spacial score (nSPS) is 23.6. The van der Waals surface area contributed by atoms with Gasteiger partial charge in [0.15, 0.2) is 0 Å². The maximum Gasteiger partial charge on any atom is 0.00449 e. The number of hydrogen-bond donors (Lipinski definition) is 1. The van der Waals surface area contributed by atoms with Crippen LogP contribution in [0.4, 0.5) is 0 Å². The minimum atomic E-state index is 0.408. The molecule has 0 amide bonds. The van der Waals surface area contributed by atoms with Crippen molar-refractivity contribution in [2.24, 2.45) is 11.3 Å². The first-order valence-corrected chi connectivity index (χ1v) is 7.00. The summed E-state index contributed by atoms with van der Waals surface area (Å²) in [5, 5.41) is 3.48. The minimum absolute atomic E-state index is 0.408. The van der Waals surface area contributed by atoms with E-state index in [1.807, 2.05) is 0 Å². The number of nitrogens with zero attached hydrogens (tertiary/aromatic N) is 1.